The Bertz CT molecular complexity index is 802. The van der Waals surface area contributed by atoms with Crippen LogP contribution < -0.4 is 16.0 Å². The third-order valence-electron chi connectivity index (χ3n) is 4.90. The van der Waals surface area contributed by atoms with E-state index in [4.69, 9.17) is 5.73 Å². The number of amides is 2. The summed E-state index contributed by atoms with van der Waals surface area (Å²) in [6, 6.07) is 2.70. The standard InChI is InChI=1S/C19H24F2N4O2S/c20-13-8-5-9-14(21)16(13)25(18(22)27)11-10-15-17(26)24-19(28-15)23-12-6-3-1-2-4-7-12/h5,8-9,12,26H,1-4,6-7,10-11H2,(H2,22,27)(H,23,24). The van der Waals surface area contributed by atoms with Gasteiger partial charge in [0.05, 0.1) is 4.88 Å². The van der Waals surface area contributed by atoms with E-state index in [0.29, 0.717) is 16.1 Å². The Morgan fingerprint density at radius 3 is 2.50 bits per heavy atom. The average Bonchev–Trinajstić information content (AvgIpc) is 2.82. The smallest absolute Gasteiger partial charge is 0.319 e. The topological polar surface area (TPSA) is 91.5 Å². The summed E-state index contributed by atoms with van der Waals surface area (Å²) >= 11 is 1.28. The van der Waals surface area contributed by atoms with Crippen LogP contribution in [0.2, 0.25) is 0 Å². The van der Waals surface area contributed by atoms with E-state index in [0.717, 1.165) is 29.9 Å². The number of primary amides is 1. The molecule has 0 saturated heterocycles. The number of nitrogens with two attached hydrogens (primary N) is 1. The van der Waals surface area contributed by atoms with Crippen LogP contribution in [0.4, 0.5) is 24.4 Å². The maximum absolute atomic E-state index is 14.0. The van der Waals surface area contributed by atoms with Crippen molar-refractivity contribution in [2.24, 2.45) is 5.73 Å². The number of nitrogens with one attached hydrogen (secondary N) is 1. The molecule has 0 bridgehead atoms. The molecule has 6 nitrogen and oxygen atoms in total. The maximum atomic E-state index is 14.0. The van der Waals surface area contributed by atoms with Crippen molar-refractivity contribution in [3.8, 4) is 5.88 Å². The zero-order valence-electron chi connectivity index (χ0n) is 15.5. The molecular weight excluding hydrogens is 386 g/mol. The number of benzene rings is 1. The molecule has 1 heterocycles. The first-order valence-electron chi connectivity index (χ1n) is 9.42. The lowest BCUT2D eigenvalue weighted by atomic mass is 10.1. The maximum Gasteiger partial charge on any atom is 0.319 e. The Morgan fingerprint density at radius 1 is 1.25 bits per heavy atom. The number of para-hydroxylation sites is 1. The molecule has 3 rings (SSSR count). The summed E-state index contributed by atoms with van der Waals surface area (Å²) < 4.78 is 28.0. The highest BCUT2D eigenvalue weighted by Crippen LogP contribution is 2.31. The van der Waals surface area contributed by atoms with Gasteiger partial charge in [-0.05, 0) is 25.0 Å². The molecule has 0 atom stereocenters. The highest BCUT2D eigenvalue weighted by atomic mass is 32.1. The number of urea groups is 1. The van der Waals surface area contributed by atoms with Gasteiger partial charge in [-0.25, -0.2) is 13.6 Å². The van der Waals surface area contributed by atoms with Gasteiger partial charge >= 0.3 is 6.03 Å². The summed E-state index contributed by atoms with van der Waals surface area (Å²) in [6.45, 7) is -0.0776. The van der Waals surface area contributed by atoms with Crippen LogP contribution in [0.1, 0.15) is 43.4 Å². The van der Waals surface area contributed by atoms with Gasteiger partial charge in [0.25, 0.3) is 0 Å². The molecule has 1 aliphatic carbocycles. The van der Waals surface area contributed by atoms with Gasteiger partial charge in [-0.15, -0.1) is 0 Å². The third kappa shape index (κ3) is 4.89. The van der Waals surface area contributed by atoms with E-state index in [1.807, 2.05) is 0 Å². The molecule has 1 aliphatic rings. The van der Waals surface area contributed by atoms with Crippen LogP contribution in [0.25, 0.3) is 0 Å². The number of carbonyl (C=O) groups is 1. The normalized spacial score (nSPS) is 15.2. The second-order valence-corrected chi connectivity index (χ2v) is 7.99. The van der Waals surface area contributed by atoms with Crippen LogP contribution in [0.3, 0.4) is 0 Å². The first-order chi connectivity index (χ1) is 13.5. The first-order valence-corrected chi connectivity index (χ1v) is 10.2. The lowest BCUT2D eigenvalue weighted by Crippen LogP contribution is -2.38. The van der Waals surface area contributed by atoms with Gasteiger partial charge in [0, 0.05) is 19.0 Å². The van der Waals surface area contributed by atoms with E-state index in [1.165, 1.54) is 43.1 Å². The first kappa shape index (κ1) is 20.3. The van der Waals surface area contributed by atoms with E-state index in [1.54, 1.807) is 0 Å². The Kier molecular flexibility index (Phi) is 6.66. The van der Waals surface area contributed by atoms with Crippen molar-refractivity contribution in [1.82, 2.24) is 4.98 Å². The fraction of sp³-hybridized carbons (Fsp3) is 0.474. The summed E-state index contributed by atoms with van der Waals surface area (Å²) in [5, 5.41) is 14.1. The van der Waals surface area contributed by atoms with E-state index in [9.17, 15) is 18.7 Å². The molecule has 0 radical (unpaired) electrons. The summed E-state index contributed by atoms with van der Waals surface area (Å²) in [6.07, 6.45) is 7.12. The Hall–Kier alpha value is -2.42. The largest absolute Gasteiger partial charge is 0.492 e. The highest BCUT2D eigenvalue weighted by molar-refractivity contribution is 7.15. The molecule has 1 saturated carbocycles. The molecule has 28 heavy (non-hydrogen) atoms. The predicted molar refractivity (Wildman–Crippen MR) is 106 cm³/mol. The molecule has 0 unspecified atom stereocenters. The molecule has 4 N–H and O–H groups in total. The number of thiazole rings is 1. The molecule has 2 aromatic rings. The number of halogens is 2. The monoisotopic (exact) mass is 410 g/mol. The van der Waals surface area contributed by atoms with Crippen LogP contribution in [-0.2, 0) is 6.42 Å². The van der Waals surface area contributed by atoms with Crippen molar-refractivity contribution in [2.75, 3.05) is 16.8 Å². The molecule has 1 aromatic carbocycles. The molecule has 9 heteroatoms. The van der Waals surface area contributed by atoms with Gasteiger partial charge in [0.1, 0.15) is 17.3 Å². The fourth-order valence-corrected chi connectivity index (χ4v) is 4.38. The number of aromatic hydroxyl groups is 1. The quantitative estimate of drug-likeness (QED) is 0.616. The van der Waals surface area contributed by atoms with Gasteiger partial charge in [0.2, 0.25) is 5.88 Å². The van der Waals surface area contributed by atoms with Crippen molar-refractivity contribution < 1.29 is 18.7 Å². The van der Waals surface area contributed by atoms with Gasteiger partial charge in [-0.1, -0.05) is 43.1 Å². The van der Waals surface area contributed by atoms with E-state index >= 15 is 0 Å². The molecule has 0 aliphatic heterocycles. The van der Waals surface area contributed by atoms with E-state index in [2.05, 4.69) is 10.3 Å². The zero-order valence-corrected chi connectivity index (χ0v) is 16.3. The SMILES string of the molecule is NC(=O)N(CCc1sc(NC2CCCCCC2)nc1O)c1c(F)cccc1F. The van der Waals surface area contributed by atoms with Crippen molar-refractivity contribution in [3.63, 3.8) is 0 Å². The number of hydrogen-bond acceptors (Lipinski definition) is 5. The second kappa shape index (κ2) is 9.18. The Morgan fingerprint density at radius 2 is 1.89 bits per heavy atom. The number of carbonyl (C=O) groups excluding carboxylic acids is 1. The fourth-order valence-electron chi connectivity index (χ4n) is 3.46. The van der Waals surface area contributed by atoms with Crippen molar-refractivity contribution in [1.29, 1.82) is 0 Å². The van der Waals surface area contributed by atoms with Crippen molar-refractivity contribution in [3.05, 3.63) is 34.7 Å². The minimum Gasteiger partial charge on any atom is -0.492 e. The van der Waals surface area contributed by atoms with E-state index < -0.39 is 23.4 Å². The number of rotatable bonds is 6. The summed E-state index contributed by atoms with van der Waals surface area (Å²) in [5.74, 6) is -1.88. The molecule has 1 fully saturated rings. The number of nitrogens with zero attached hydrogens (tertiary/aromatic N) is 2. The minimum absolute atomic E-state index is 0.0776. The van der Waals surface area contributed by atoms with Crippen LogP contribution in [0.15, 0.2) is 18.2 Å². The average molecular weight is 410 g/mol. The lowest BCUT2D eigenvalue weighted by Gasteiger charge is -2.21. The Balaban J connectivity index is 1.69. The number of anilines is 2. The molecule has 0 spiro atoms. The third-order valence-corrected chi connectivity index (χ3v) is 5.93. The van der Waals surface area contributed by atoms with Crippen molar-refractivity contribution >= 4 is 28.2 Å². The molecule has 152 valence electrons. The van der Waals surface area contributed by atoms with Crippen molar-refractivity contribution in [2.45, 2.75) is 51.0 Å². The van der Waals surface area contributed by atoms with Crippen LogP contribution in [-0.4, -0.2) is 28.7 Å². The van der Waals surface area contributed by atoms with Gasteiger partial charge in [0.15, 0.2) is 5.13 Å². The summed E-state index contributed by atoms with van der Waals surface area (Å²) in [5.41, 5.74) is 4.83. The molecule has 2 amide bonds. The predicted octanol–water partition coefficient (Wildman–Crippen LogP) is 4.39. The van der Waals surface area contributed by atoms with Gasteiger partial charge in [-0.2, -0.15) is 4.98 Å². The van der Waals surface area contributed by atoms with Crippen LogP contribution in [0.5, 0.6) is 5.88 Å². The lowest BCUT2D eigenvalue weighted by molar-refractivity contribution is 0.253. The highest BCUT2D eigenvalue weighted by Gasteiger charge is 2.22. The summed E-state index contributed by atoms with van der Waals surface area (Å²) in [7, 11) is 0. The number of aromatic nitrogens is 1. The summed E-state index contributed by atoms with van der Waals surface area (Å²) in [4.78, 5) is 17.2. The van der Waals surface area contributed by atoms with Gasteiger partial charge in [-0.3, -0.25) is 4.90 Å². The van der Waals surface area contributed by atoms with Crippen LogP contribution >= 0.6 is 11.3 Å². The number of hydrogen-bond donors (Lipinski definition) is 3. The molecular formula is C19H24F2N4O2S. The Labute approximate surface area is 166 Å². The van der Waals surface area contributed by atoms with E-state index in [-0.39, 0.29) is 18.8 Å². The minimum atomic E-state index is -0.968. The van der Waals surface area contributed by atoms with Gasteiger partial charge < -0.3 is 16.2 Å². The van der Waals surface area contributed by atoms with Crippen LogP contribution in [0, 0.1) is 11.6 Å². The molecule has 1 aromatic heterocycles. The second-order valence-electron chi connectivity index (χ2n) is 6.91. The zero-order chi connectivity index (χ0) is 20.1.